The number of anilines is 1. The monoisotopic (exact) mass is 281 g/mol. The van der Waals surface area contributed by atoms with Crippen molar-refractivity contribution in [3.8, 4) is 0 Å². The highest BCUT2D eigenvalue weighted by Gasteiger charge is 2.54. The quantitative estimate of drug-likeness (QED) is 0.782. The summed E-state index contributed by atoms with van der Waals surface area (Å²) in [5.41, 5.74) is 4.79. The Balaban J connectivity index is 1.50. The van der Waals surface area contributed by atoms with Gasteiger partial charge in [0.15, 0.2) is 0 Å². The minimum Gasteiger partial charge on any atom is -0.507 e. The van der Waals surface area contributed by atoms with Gasteiger partial charge in [0.25, 0.3) is 0 Å². The number of carbonyl (C=O) groups is 1. The average molecular weight is 281 g/mol. The van der Waals surface area contributed by atoms with Crippen molar-refractivity contribution in [3.63, 3.8) is 0 Å². The number of hydrogen-bond acceptors (Lipinski definition) is 5. The van der Waals surface area contributed by atoms with Crippen LogP contribution in [0, 0.1) is 5.92 Å². The summed E-state index contributed by atoms with van der Waals surface area (Å²) < 4.78 is 0. The first kappa shape index (κ1) is 11.1. The minimum atomic E-state index is -0.986. The van der Waals surface area contributed by atoms with Crippen molar-refractivity contribution in [2.75, 3.05) is 5.32 Å². The molecule has 6 nitrogen and oxygen atoms in total. The molecule has 0 aromatic carbocycles. The van der Waals surface area contributed by atoms with Gasteiger partial charge in [-0.25, -0.2) is 14.8 Å². The molecule has 104 valence electrons. The molecule has 0 spiro atoms. The standard InChI is InChI=1S/C15H11N3O3/c19-13-7-3-6-9(7)10(13)12(6)18-15-16-4-8(14(20)21)11(17-15)5-1-2-5/h3-5,9,19H,1-2H2,(H,20,21)(H,16,17,18). The van der Waals surface area contributed by atoms with E-state index < -0.39 is 5.97 Å². The van der Waals surface area contributed by atoms with Crippen molar-refractivity contribution in [1.29, 1.82) is 0 Å². The van der Waals surface area contributed by atoms with Crippen LogP contribution < -0.4 is 5.32 Å². The Hall–Kier alpha value is -2.63. The number of aromatic nitrogens is 2. The van der Waals surface area contributed by atoms with Gasteiger partial charge in [-0.2, -0.15) is 0 Å². The summed E-state index contributed by atoms with van der Waals surface area (Å²) in [7, 11) is 0. The van der Waals surface area contributed by atoms with Gasteiger partial charge in [-0.3, -0.25) is 0 Å². The van der Waals surface area contributed by atoms with Crippen molar-refractivity contribution in [3.05, 3.63) is 51.7 Å². The molecule has 5 rings (SSSR count). The Morgan fingerprint density at radius 3 is 2.81 bits per heavy atom. The van der Waals surface area contributed by atoms with Crippen LogP contribution >= 0.6 is 0 Å². The van der Waals surface area contributed by atoms with Crippen LogP contribution in [0.3, 0.4) is 0 Å². The maximum Gasteiger partial charge on any atom is 0.339 e. The zero-order valence-electron chi connectivity index (χ0n) is 10.9. The fourth-order valence-corrected chi connectivity index (χ4v) is 3.23. The van der Waals surface area contributed by atoms with Crippen LogP contribution in [-0.4, -0.2) is 26.2 Å². The fraction of sp³-hybridized carbons (Fsp3) is 0.267. The van der Waals surface area contributed by atoms with E-state index in [-0.39, 0.29) is 11.5 Å². The van der Waals surface area contributed by atoms with Crippen LogP contribution in [0.15, 0.2) is 40.4 Å². The molecule has 21 heavy (non-hydrogen) atoms. The predicted molar refractivity (Wildman–Crippen MR) is 72.8 cm³/mol. The molecule has 0 saturated heterocycles. The van der Waals surface area contributed by atoms with Crippen molar-refractivity contribution >= 4 is 11.9 Å². The lowest BCUT2D eigenvalue weighted by molar-refractivity contribution is 0.0694. The number of nitrogens with one attached hydrogen (secondary N) is 1. The van der Waals surface area contributed by atoms with Crippen LogP contribution in [0.25, 0.3) is 0 Å². The SMILES string of the molecule is O=C(O)c1cnc(NC2=C3C=C4C(O)=C2C43)nc1C1CC1. The van der Waals surface area contributed by atoms with E-state index in [4.69, 9.17) is 0 Å². The van der Waals surface area contributed by atoms with E-state index in [1.165, 1.54) is 11.8 Å². The Kier molecular flexibility index (Phi) is 1.76. The second-order valence-corrected chi connectivity index (χ2v) is 5.82. The summed E-state index contributed by atoms with van der Waals surface area (Å²) in [5.74, 6) is 0.339. The molecule has 1 atom stereocenters. The molecule has 0 radical (unpaired) electrons. The summed E-state index contributed by atoms with van der Waals surface area (Å²) in [5, 5.41) is 22.1. The second-order valence-electron chi connectivity index (χ2n) is 5.82. The third kappa shape index (κ3) is 1.25. The van der Waals surface area contributed by atoms with Crippen molar-refractivity contribution < 1.29 is 15.0 Å². The molecule has 0 aliphatic heterocycles. The van der Waals surface area contributed by atoms with Crippen molar-refractivity contribution in [2.24, 2.45) is 5.92 Å². The zero-order valence-corrected chi connectivity index (χ0v) is 10.9. The molecule has 1 heterocycles. The number of nitrogens with zero attached hydrogens (tertiary/aromatic N) is 2. The van der Waals surface area contributed by atoms with E-state index in [0.717, 1.165) is 29.7 Å². The van der Waals surface area contributed by atoms with Crippen molar-refractivity contribution in [1.82, 2.24) is 9.97 Å². The molecule has 4 aliphatic carbocycles. The topological polar surface area (TPSA) is 95.3 Å². The van der Waals surface area contributed by atoms with Crippen molar-refractivity contribution in [2.45, 2.75) is 18.8 Å². The summed E-state index contributed by atoms with van der Waals surface area (Å²) in [6.45, 7) is 0. The molecule has 1 saturated carbocycles. The Morgan fingerprint density at radius 1 is 1.38 bits per heavy atom. The highest BCUT2D eigenvalue weighted by Crippen LogP contribution is 2.63. The maximum absolute atomic E-state index is 11.2. The van der Waals surface area contributed by atoms with Gasteiger partial charge in [-0.05, 0) is 24.5 Å². The number of aliphatic hydroxyl groups is 1. The van der Waals surface area contributed by atoms with Gasteiger partial charge >= 0.3 is 5.97 Å². The number of hydrogen-bond donors (Lipinski definition) is 3. The summed E-state index contributed by atoms with van der Waals surface area (Å²) in [6, 6.07) is 0. The summed E-state index contributed by atoms with van der Waals surface area (Å²) in [6.07, 6.45) is 5.28. The first-order chi connectivity index (χ1) is 10.1. The van der Waals surface area contributed by atoms with Crippen LogP contribution in [0.1, 0.15) is 34.8 Å². The van der Waals surface area contributed by atoms with Gasteiger partial charge in [0.2, 0.25) is 5.95 Å². The number of carboxylic acid groups (broad SMARTS) is 1. The Labute approximate surface area is 119 Å². The predicted octanol–water partition coefficient (Wildman–Crippen LogP) is 2.11. The van der Waals surface area contributed by atoms with Crippen LogP contribution in [0.5, 0.6) is 0 Å². The van der Waals surface area contributed by atoms with E-state index in [9.17, 15) is 15.0 Å². The van der Waals surface area contributed by atoms with Gasteiger partial charge in [0.05, 0.1) is 17.0 Å². The van der Waals surface area contributed by atoms with Crippen LogP contribution in [0.2, 0.25) is 0 Å². The molecule has 1 unspecified atom stereocenters. The third-order valence-electron chi connectivity index (χ3n) is 4.56. The molecule has 1 fully saturated rings. The molecule has 4 aliphatic rings. The smallest absolute Gasteiger partial charge is 0.339 e. The van der Waals surface area contributed by atoms with Gasteiger partial charge in [0, 0.05) is 29.2 Å². The normalized spacial score (nSPS) is 24.6. The molecular formula is C15H11N3O3. The Bertz CT molecular complexity index is 831. The Morgan fingerprint density at radius 2 is 2.19 bits per heavy atom. The first-order valence-corrected chi connectivity index (χ1v) is 6.92. The molecule has 0 amide bonds. The van der Waals surface area contributed by atoms with Crippen LogP contribution in [-0.2, 0) is 0 Å². The maximum atomic E-state index is 11.2. The molecule has 1 aromatic rings. The fourth-order valence-electron chi connectivity index (χ4n) is 3.23. The lowest BCUT2D eigenvalue weighted by Gasteiger charge is -2.51. The second kappa shape index (κ2) is 3.33. The average Bonchev–Trinajstić information content (AvgIpc) is 3.26. The van der Waals surface area contributed by atoms with Gasteiger partial charge < -0.3 is 15.5 Å². The van der Waals surface area contributed by atoms with E-state index in [0.29, 0.717) is 23.3 Å². The molecule has 0 bridgehead atoms. The number of aromatic carboxylic acids is 1. The van der Waals surface area contributed by atoms with E-state index in [1.54, 1.807) is 0 Å². The largest absolute Gasteiger partial charge is 0.507 e. The lowest BCUT2D eigenvalue weighted by atomic mass is 9.54. The van der Waals surface area contributed by atoms with Gasteiger partial charge in [-0.15, -0.1) is 0 Å². The van der Waals surface area contributed by atoms with Gasteiger partial charge in [0.1, 0.15) is 5.76 Å². The minimum absolute atomic E-state index is 0.184. The highest BCUT2D eigenvalue weighted by atomic mass is 16.4. The lowest BCUT2D eigenvalue weighted by Crippen LogP contribution is -2.43. The molecule has 3 N–H and O–H groups in total. The van der Waals surface area contributed by atoms with E-state index in [2.05, 4.69) is 15.3 Å². The zero-order chi connectivity index (χ0) is 14.3. The number of carboxylic acids is 1. The summed E-state index contributed by atoms with van der Waals surface area (Å²) in [4.78, 5) is 19.7. The van der Waals surface area contributed by atoms with E-state index >= 15 is 0 Å². The number of rotatable bonds is 4. The number of aliphatic hydroxyl groups excluding tert-OH is 1. The first-order valence-electron chi connectivity index (χ1n) is 6.92. The molecule has 6 heteroatoms. The highest BCUT2D eigenvalue weighted by molar-refractivity contribution is 5.89. The van der Waals surface area contributed by atoms with E-state index in [1.807, 2.05) is 6.08 Å². The van der Waals surface area contributed by atoms with Crippen LogP contribution in [0.4, 0.5) is 5.95 Å². The molecule has 1 aromatic heterocycles. The summed E-state index contributed by atoms with van der Waals surface area (Å²) >= 11 is 0. The molecular weight excluding hydrogens is 270 g/mol. The number of allylic oxidation sites excluding steroid dienone is 4. The van der Waals surface area contributed by atoms with Gasteiger partial charge in [-0.1, -0.05) is 0 Å². The third-order valence-corrected chi connectivity index (χ3v) is 4.56.